The first-order valence-electron chi connectivity index (χ1n) is 10.6. The number of benzene rings is 3. The fourth-order valence-electron chi connectivity index (χ4n) is 3.29. The van der Waals surface area contributed by atoms with Crippen LogP contribution in [0, 0.1) is 6.92 Å². The standard InChI is InChI=1S/C25H28N2O6S/c1-5-33-21-8-6-7-19(15-21)26-25(28)17-27(20-11-14-23(31-3)24(16-20)32-4)34(29,30)22-12-9-18(2)10-13-22/h6-16H,5,17H2,1-4H3,(H,26,28). The Hall–Kier alpha value is -3.72. The molecule has 1 amide bonds. The number of ether oxygens (including phenoxy) is 3. The number of aryl methyl sites for hydroxylation is 1. The number of anilines is 2. The van der Waals surface area contributed by atoms with Crippen LogP contribution >= 0.6 is 0 Å². The Kier molecular flexibility index (Phi) is 8.01. The number of rotatable bonds is 10. The summed E-state index contributed by atoms with van der Waals surface area (Å²) in [6.07, 6.45) is 0. The lowest BCUT2D eigenvalue weighted by molar-refractivity contribution is -0.114. The van der Waals surface area contributed by atoms with Gasteiger partial charge in [0.05, 0.1) is 31.4 Å². The molecule has 0 saturated heterocycles. The smallest absolute Gasteiger partial charge is 0.264 e. The summed E-state index contributed by atoms with van der Waals surface area (Å²) in [5, 5.41) is 2.74. The van der Waals surface area contributed by atoms with Gasteiger partial charge in [-0.15, -0.1) is 0 Å². The Morgan fingerprint density at radius 1 is 0.941 bits per heavy atom. The molecule has 0 radical (unpaired) electrons. The van der Waals surface area contributed by atoms with Gasteiger partial charge in [-0.05, 0) is 50.2 Å². The van der Waals surface area contributed by atoms with E-state index in [1.165, 1.54) is 32.4 Å². The summed E-state index contributed by atoms with van der Waals surface area (Å²) in [4.78, 5) is 13.0. The second-order valence-electron chi connectivity index (χ2n) is 7.37. The highest BCUT2D eigenvalue weighted by Gasteiger charge is 2.28. The van der Waals surface area contributed by atoms with Crippen molar-refractivity contribution in [2.45, 2.75) is 18.7 Å². The first-order chi connectivity index (χ1) is 16.3. The molecule has 3 aromatic carbocycles. The molecule has 3 aromatic rings. The van der Waals surface area contributed by atoms with E-state index in [1.807, 2.05) is 13.8 Å². The van der Waals surface area contributed by atoms with Crippen LogP contribution in [0.3, 0.4) is 0 Å². The third kappa shape index (κ3) is 5.79. The van der Waals surface area contributed by atoms with Crippen LogP contribution in [0.15, 0.2) is 71.6 Å². The van der Waals surface area contributed by atoms with Gasteiger partial charge in [0.25, 0.3) is 10.0 Å². The minimum absolute atomic E-state index is 0.0685. The van der Waals surface area contributed by atoms with Crippen LogP contribution in [0.1, 0.15) is 12.5 Å². The van der Waals surface area contributed by atoms with Crippen molar-refractivity contribution in [2.75, 3.05) is 37.0 Å². The zero-order valence-corrected chi connectivity index (χ0v) is 20.4. The van der Waals surface area contributed by atoms with Crippen LogP contribution in [-0.2, 0) is 14.8 Å². The van der Waals surface area contributed by atoms with E-state index in [4.69, 9.17) is 14.2 Å². The van der Waals surface area contributed by atoms with Crippen molar-refractivity contribution < 1.29 is 27.4 Å². The lowest BCUT2D eigenvalue weighted by Crippen LogP contribution is -2.38. The van der Waals surface area contributed by atoms with Crippen LogP contribution in [0.4, 0.5) is 11.4 Å². The normalized spacial score (nSPS) is 10.9. The predicted molar refractivity (Wildman–Crippen MR) is 131 cm³/mol. The number of hydrogen-bond acceptors (Lipinski definition) is 6. The van der Waals surface area contributed by atoms with Crippen molar-refractivity contribution in [1.29, 1.82) is 0 Å². The van der Waals surface area contributed by atoms with E-state index in [9.17, 15) is 13.2 Å². The van der Waals surface area contributed by atoms with Gasteiger partial charge in [-0.3, -0.25) is 9.10 Å². The molecule has 1 N–H and O–H groups in total. The second kappa shape index (κ2) is 10.9. The van der Waals surface area contributed by atoms with Gasteiger partial charge in [-0.25, -0.2) is 8.42 Å². The fraction of sp³-hybridized carbons (Fsp3) is 0.240. The zero-order valence-electron chi connectivity index (χ0n) is 19.6. The highest BCUT2D eigenvalue weighted by Crippen LogP contribution is 2.34. The van der Waals surface area contributed by atoms with Crippen molar-refractivity contribution in [3.05, 3.63) is 72.3 Å². The van der Waals surface area contributed by atoms with Gasteiger partial charge < -0.3 is 19.5 Å². The molecule has 3 rings (SSSR count). The van der Waals surface area contributed by atoms with Gasteiger partial charge in [0.2, 0.25) is 5.91 Å². The fourth-order valence-corrected chi connectivity index (χ4v) is 4.71. The van der Waals surface area contributed by atoms with E-state index in [1.54, 1.807) is 48.5 Å². The molecule has 9 heteroatoms. The summed E-state index contributed by atoms with van der Waals surface area (Å²) in [5.41, 5.74) is 1.68. The number of carbonyl (C=O) groups is 1. The number of carbonyl (C=O) groups excluding carboxylic acids is 1. The Labute approximate surface area is 200 Å². The predicted octanol–water partition coefficient (Wildman–Crippen LogP) is 4.24. The lowest BCUT2D eigenvalue weighted by Gasteiger charge is -2.25. The SMILES string of the molecule is CCOc1cccc(NC(=O)CN(c2ccc(OC)c(OC)c2)S(=O)(=O)c2ccc(C)cc2)c1. The monoisotopic (exact) mass is 484 g/mol. The Morgan fingerprint density at radius 3 is 2.29 bits per heavy atom. The molecule has 0 heterocycles. The number of sulfonamides is 1. The minimum atomic E-state index is -4.07. The molecule has 0 aliphatic carbocycles. The zero-order chi connectivity index (χ0) is 24.7. The van der Waals surface area contributed by atoms with E-state index >= 15 is 0 Å². The number of nitrogens with one attached hydrogen (secondary N) is 1. The summed E-state index contributed by atoms with van der Waals surface area (Å²) in [6, 6.07) is 18.0. The second-order valence-corrected chi connectivity index (χ2v) is 9.24. The minimum Gasteiger partial charge on any atom is -0.494 e. The molecule has 0 saturated carbocycles. The van der Waals surface area contributed by atoms with Crippen molar-refractivity contribution in [1.82, 2.24) is 0 Å². The largest absolute Gasteiger partial charge is 0.494 e. The molecule has 0 fully saturated rings. The van der Waals surface area contributed by atoms with Crippen LogP contribution in [0.25, 0.3) is 0 Å². The summed E-state index contributed by atoms with van der Waals surface area (Å²) in [5.74, 6) is 0.869. The number of hydrogen-bond donors (Lipinski definition) is 1. The maximum Gasteiger partial charge on any atom is 0.264 e. The summed E-state index contributed by atoms with van der Waals surface area (Å²) in [6.45, 7) is 3.76. The molecule has 34 heavy (non-hydrogen) atoms. The number of methoxy groups -OCH3 is 2. The molecule has 0 unspecified atom stereocenters. The van der Waals surface area contributed by atoms with Crippen LogP contribution in [-0.4, -0.2) is 41.7 Å². The topological polar surface area (TPSA) is 94.2 Å². The molecule has 0 atom stereocenters. The van der Waals surface area contributed by atoms with Gasteiger partial charge in [-0.1, -0.05) is 23.8 Å². The molecular weight excluding hydrogens is 456 g/mol. The van der Waals surface area contributed by atoms with Gasteiger partial charge in [-0.2, -0.15) is 0 Å². The summed E-state index contributed by atoms with van der Waals surface area (Å²) < 4.78 is 44.3. The van der Waals surface area contributed by atoms with E-state index in [0.29, 0.717) is 29.5 Å². The van der Waals surface area contributed by atoms with Crippen molar-refractivity contribution >= 4 is 27.3 Å². The van der Waals surface area contributed by atoms with E-state index in [-0.39, 0.29) is 10.6 Å². The van der Waals surface area contributed by atoms with E-state index < -0.39 is 22.5 Å². The van der Waals surface area contributed by atoms with Gasteiger partial charge in [0.1, 0.15) is 12.3 Å². The first kappa shape index (κ1) is 24.9. The molecule has 8 nitrogen and oxygen atoms in total. The van der Waals surface area contributed by atoms with E-state index in [0.717, 1.165) is 9.87 Å². The van der Waals surface area contributed by atoms with E-state index in [2.05, 4.69) is 5.32 Å². The molecule has 0 aliphatic heterocycles. The maximum atomic E-state index is 13.6. The molecule has 0 aliphatic rings. The molecule has 0 spiro atoms. The van der Waals surface area contributed by atoms with Gasteiger partial charge >= 0.3 is 0 Å². The highest BCUT2D eigenvalue weighted by atomic mass is 32.2. The van der Waals surface area contributed by atoms with Crippen LogP contribution < -0.4 is 23.8 Å². The van der Waals surface area contributed by atoms with Crippen molar-refractivity contribution in [2.24, 2.45) is 0 Å². The molecule has 180 valence electrons. The average Bonchev–Trinajstić information content (AvgIpc) is 2.82. The Bertz CT molecular complexity index is 1240. The van der Waals surface area contributed by atoms with Gasteiger partial charge in [0, 0.05) is 17.8 Å². The molecule has 0 aromatic heterocycles. The van der Waals surface area contributed by atoms with Gasteiger partial charge in [0.15, 0.2) is 11.5 Å². The average molecular weight is 485 g/mol. The lowest BCUT2D eigenvalue weighted by atomic mass is 10.2. The maximum absolute atomic E-state index is 13.6. The third-order valence-corrected chi connectivity index (χ3v) is 6.77. The van der Waals surface area contributed by atoms with Crippen LogP contribution in [0.2, 0.25) is 0 Å². The van der Waals surface area contributed by atoms with Crippen molar-refractivity contribution in [3.63, 3.8) is 0 Å². The Balaban J connectivity index is 1.97. The van der Waals surface area contributed by atoms with Crippen molar-refractivity contribution in [3.8, 4) is 17.2 Å². The Morgan fingerprint density at radius 2 is 1.65 bits per heavy atom. The molecular formula is C25H28N2O6S. The summed E-state index contributed by atoms with van der Waals surface area (Å²) >= 11 is 0. The third-order valence-electron chi connectivity index (χ3n) is 4.98. The first-order valence-corrected chi connectivity index (χ1v) is 12.1. The quantitative estimate of drug-likeness (QED) is 0.463. The number of nitrogens with zero attached hydrogens (tertiary/aromatic N) is 1. The van der Waals surface area contributed by atoms with Crippen LogP contribution in [0.5, 0.6) is 17.2 Å². The molecule has 0 bridgehead atoms. The number of amides is 1. The summed E-state index contributed by atoms with van der Waals surface area (Å²) in [7, 11) is -1.12. The highest BCUT2D eigenvalue weighted by molar-refractivity contribution is 7.92.